The normalized spacial score (nSPS) is 20.7. The molecule has 1 atom stereocenters. The fourth-order valence-electron chi connectivity index (χ4n) is 1.89. The molecule has 1 saturated carbocycles. The number of hydrogen-bond donors (Lipinski definition) is 0. The lowest BCUT2D eigenvalue weighted by Gasteiger charge is -2.14. The van der Waals surface area contributed by atoms with E-state index in [1.54, 1.807) is 0 Å². The molecule has 2 nitrogen and oxygen atoms in total. The van der Waals surface area contributed by atoms with E-state index in [-0.39, 0.29) is 6.10 Å². The molecule has 1 aliphatic carbocycles. The van der Waals surface area contributed by atoms with Gasteiger partial charge < -0.3 is 4.74 Å². The molecule has 0 heterocycles. The van der Waals surface area contributed by atoms with Gasteiger partial charge >= 0.3 is 0 Å². The lowest BCUT2D eigenvalue weighted by molar-refractivity contribution is -0.117. The zero-order valence-corrected chi connectivity index (χ0v) is 9.25. The van der Waals surface area contributed by atoms with E-state index in [9.17, 15) is 4.79 Å². The fraction of sp³-hybridized carbons (Fsp3) is 0.462. The third kappa shape index (κ3) is 2.38. The fourth-order valence-corrected chi connectivity index (χ4v) is 1.89. The van der Waals surface area contributed by atoms with Crippen LogP contribution in [0.15, 0.2) is 18.2 Å². The summed E-state index contributed by atoms with van der Waals surface area (Å²) < 4.78 is 5.84. The minimum absolute atomic E-state index is 0.0954. The Bertz CT molecular complexity index is 382. The lowest BCUT2D eigenvalue weighted by Crippen LogP contribution is -2.12. The van der Waals surface area contributed by atoms with Crippen molar-refractivity contribution in [3.05, 3.63) is 29.3 Å². The van der Waals surface area contributed by atoms with Gasteiger partial charge in [0, 0.05) is 12.8 Å². The minimum atomic E-state index is 0.0954. The van der Waals surface area contributed by atoms with Crippen LogP contribution in [0.5, 0.6) is 5.75 Å². The highest BCUT2D eigenvalue weighted by molar-refractivity contribution is 5.81. The van der Waals surface area contributed by atoms with Gasteiger partial charge in [0.25, 0.3) is 0 Å². The first kappa shape index (κ1) is 10.2. The van der Waals surface area contributed by atoms with Crippen LogP contribution in [0, 0.1) is 13.8 Å². The molecule has 0 aliphatic heterocycles. The van der Waals surface area contributed by atoms with Crippen LogP contribution in [-0.2, 0) is 4.79 Å². The number of benzene rings is 1. The predicted molar refractivity (Wildman–Crippen MR) is 59.2 cm³/mol. The number of carbonyl (C=O) groups is 1. The molecule has 0 amide bonds. The molecule has 0 saturated heterocycles. The average molecular weight is 204 g/mol. The zero-order chi connectivity index (χ0) is 10.8. The molecule has 1 aromatic rings. The van der Waals surface area contributed by atoms with Crippen LogP contribution < -0.4 is 4.74 Å². The summed E-state index contributed by atoms with van der Waals surface area (Å²) in [6.07, 6.45) is 2.22. The molecule has 2 heteroatoms. The van der Waals surface area contributed by atoms with E-state index >= 15 is 0 Å². The Morgan fingerprint density at radius 3 is 2.80 bits per heavy atom. The standard InChI is InChI=1S/C13H16O2/c1-9-3-4-10(2)13(7-9)15-12-6-5-11(14)8-12/h3-4,7,12H,5-6,8H2,1-2H3. The quantitative estimate of drug-likeness (QED) is 0.740. The summed E-state index contributed by atoms with van der Waals surface area (Å²) in [6, 6.07) is 6.17. The smallest absolute Gasteiger partial charge is 0.136 e. The van der Waals surface area contributed by atoms with Crippen molar-refractivity contribution in [3.63, 3.8) is 0 Å². The van der Waals surface area contributed by atoms with Crippen molar-refractivity contribution >= 4 is 5.78 Å². The highest BCUT2D eigenvalue weighted by Crippen LogP contribution is 2.25. The van der Waals surface area contributed by atoms with Crippen molar-refractivity contribution in [1.82, 2.24) is 0 Å². The van der Waals surface area contributed by atoms with Gasteiger partial charge in [0.2, 0.25) is 0 Å². The highest BCUT2D eigenvalue weighted by Gasteiger charge is 2.23. The Hall–Kier alpha value is -1.31. The van der Waals surface area contributed by atoms with Gasteiger partial charge in [-0.15, -0.1) is 0 Å². The van der Waals surface area contributed by atoms with Crippen molar-refractivity contribution in [2.45, 2.75) is 39.2 Å². The van der Waals surface area contributed by atoms with Gasteiger partial charge in [0.15, 0.2) is 0 Å². The summed E-state index contributed by atoms with van der Waals surface area (Å²) >= 11 is 0. The first-order valence-electron chi connectivity index (χ1n) is 5.41. The van der Waals surface area contributed by atoms with Crippen molar-refractivity contribution in [1.29, 1.82) is 0 Å². The van der Waals surface area contributed by atoms with E-state index in [4.69, 9.17) is 4.74 Å². The molecule has 0 spiro atoms. The van der Waals surface area contributed by atoms with E-state index in [1.165, 1.54) is 5.56 Å². The molecular formula is C13H16O2. The van der Waals surface area contributed by atoms with Crippen LogP contribution in [0.3, 0.4) is 0 Å². The van der Waals surface area contributed by atoms with Crippen LogP contribution in [0.4, 0.5) is 0 Å². The molecule has 0 N–H and O–H groups in total. The summed E-state index contributed by atoms with van der Waals surface area (Å²) in [4.78, 5) is 11.1. The Morgan fingerprint density at radius 2 is 2.13 bits per heavy atom. The Morgan fingerprint density at radius 1 is 1.33 bits per heavy atom. The van der Waals surface area contributed by atoms with Crippen LogP contribution in [0.2, 0.25) is 0 Å². The first-order valence-corrected chi connectivity index (χ1v) is 5.41. The van der Waals surface area contributed by atoms with Crippen LogP contribution in [0.25, 0.3) is 0 Å². The molecule has 1 fully saturated rings. The molecule has 1 aromatic carbocycles. The number of carbonyl (C=O) groups excluding carboxylic acids is 1. The summed E-state index contributed by atoms with van der Waals surface area (Å²) in [6.45, 7) is 4.08. The van der Waals surface area contributed by atoms with E-state index < -0.39 is 0 Å². The number of rotatable bonds is 2. The maximum absolute atomic E-state index is 11.1. The predicted octanol–water partition coefficient (Wildman–Crippen LogP) is 2.80. The first-order chi connectivity index (χ1) is 7.15. The molecular weight excluding hydrogens is 188 g/mol. The molecule has 2 rings (SSSR count). The second-order valence-corrected chi connectivity index (χ2v) is 4.29. The number of ether oxygens (including phenoxy) is 1. The largest absolute Gasteiger partial charge is 0.490 e. The van der Waals surface area contributed by atoms with Gasteiger partial charge in [0.05, 0.1) is 0 Å². The second kappa shape index (κ2) is 4.05. The number of aryl methyl sites for hydroxylation is 2. The Balaban J connectivity index is 2.10. The SMILES string of the molecule is Cc1ccc(C)c(OC2CCC(=O)C2)c1. The zero-order valence-electron chi connectivity index (χ0n) is 9.25. The Labute approximate surface area is 90.3 Å². The van der Waals surface area contributed by atoms with Crippen molar-refractivity contribution in [2.75, 3.05) is 0 Å². The van der Waals surface area contributed by atoms with Gasteiger partial charge in [-0.1, -0.05) is 12.1 Å². The summed E-state index contributed by atoms with van der Waals surface area (Å²) in [5.74, 6) is 1.25. The maximum Gasteiger partial charge on any atom is 0.136 e. The van der Waals surface area contributed by atoms with Gasteiger partial charge in [0.1, 0.15) is 17.6 Å². The molecule has 0 bridgehead atoms. The monoisotopic (exact) mass is 204 g/mol. The van der Waals surface area contributed by atoms with Crippen LogP contribution in [0.1, 0.15) is 30.4 Å². The molecule has 80 valence electrons. The van der Waals surface area contributed by atoms with Crippen molar-refractivity contribution < 1.29 is 9.53 Å². The second-order valence-electron chi connectivity index (χ2n) is 4.29. The lowest BCUT2D eigenvalue weighted by atomic mass is 10.1. The molecule has 0 radical (unpaired) electrons. The summed E-state index contributed by atoms with van der Waals surface area (Å²) in [7, 11) is 0. The van der Waals surface area contributed by atoms with E-state index in [0.717, 1.165) is 17.7 Å². The van der Waals surface area contributed by atoms with Crippen molar-refractivity contribution in [3.8, 4) is 5.75 Å². The number of ketones is 1. The topological polar surface area (TPSA) is 26.3 Å². The van der Waals surface area contributed by atoms with E-state index in [2.05, 4.69) is 12.1 Å². The van der Waals surface area contributed by atoms with Gasteiger partial charge in [-0.05, 0) is 37.5 Å². The Kier molecular flexibility index (Phi) is 2.76. The highest BCUT2D eigenvalue weighted by atomic mass is 16.5. The molecule has 15 heavy (non-hydrogen) atoms. The van der Waals surface area contributed by atoms with E-state index in [0.29, 0.717) is 18.6 Å². The average Bonchev–Trinajstić information content (AvgIpc) is 2.58. The van der Waals surface area contributed by atoms with Crippen LogP contribution in [-0.4, -0.2) is 11.9 Å². The van der Waals surface area contributed by atoms with Gasteiger partial charge in [-0.25, -0.2) is 0 Å². The minimum Gasteiger partial charge on any atom is -0.490 e. The molecule has 1 aliphatic rings. The third-order valence-electron chi connectivity index (χ3n) is 2.84. The third-order valence-corrected chi connectivity index (χ3v) is 2.84. The van der Waals surface area contributed by atoms with Gasteiger partial charge in [-0.3, -0.25) is 4.79 Å². The molecule has 0 aromatic heterocycles. The van der Waals surface area contributed by atoms with Gasteiger partial charge in [-0.2, -0.15) is 0 Å². The number of hydrogen-bond acceptors (Lipinski definition) is 2. The maximum atomic E-state index is 11.1. The molecule has 1 unspecified atom stereocenters. The van der Waals surface area contributed by atoms with E-state index in [1.807, 2.05) is 19.9 Å². The van der Waals surface area contributed by atoms with Crippen molar-refractivity contribution in [2.24, 2.45) is 0 Å². The van der Waals surface area contributed by atoms with Crippen LogP contribution >= 0.6 is 0 Å². The summed E-state index contributed by atoms with van der Waals surface area (Å²) in [5, 5.41) is 0. The number of Topliss-reactive ketones (excluding diaryl/α,β-unsaturated/α-hetero) is 1. The summed E-state index contributed by atoms with van der Waals surface area (Å²) in [5.41, 5.74) is 2.33.